The predicted molar refractivity (Wildman–Crippen MR) is 58.0 cm³/mol. The monoisotopic (exact) mass is 279 g/mol. The van der Waals surface area contributed by atoms with E-state index < -0.39 is 48.4 Å². The van der Waals surface area contributed by atoms with Crippen molar-refractivity contribution in [3.8, 4) is 0 Å². The standard InChI is InChI=1S/C11H15F2NO5/c1-10(2,3)19-9(17)14-5(8(15)16)4-18-7-6(14)11(7,12)13/h5-7H,4H2,1-3H3,(H,15,16)/t5-,6-,7+/m0/s1. The molecule has 2 fully saturated rings. The number of fused-ring (bicyclic) bond motifs is 1. The molecular weight excluding hydrogens is 264 g/mol. The summed E-state index contributed by atoms with van der Waals surface area (Å²) in [7, 11) is 0. The SMILES string of the molecule is CC(C)(C)OC(=O)N1[C@H]2[C@@H](OC[C@H]1C(=O)O)C2(F)F. The maximum Gasteiger partial charge on any atom is 0.411 e. The molecule has 2 rings (SSSR count). The van der Waals surface area contributed by atoms with Gasteiger partial charge in [0.05, 0.1) is 6.61 Å². The van der Waals surface area contributed by atoms with Crippen LogP contribution in [0.3, 0.4) is 0 Å². The highest BCUT2D eigenvalue weighted by atomic mass is 19.3. The van der Waals surface area contributed by atoms with E-state index in [9.17, 15) is 18.4 Å². The molecule has 1 N–H and O–H groups in total. The van der Waals surface area contributed by atoms with Gasteiger partial charge in [-0.1, -0.05) is 0 Å². The van der Waals surface area contributed by atoms with Gasteiger partial charge < -0.3 is 14.6 Å². The van der Waals surface area contributed by atoms with E-state index in [1.54, 1.807) is 20.8 Å². The lowest BCUT2D eigenvalue weighted by atomic mass is 10.2. The molecule has 0 aromatic carbocycles. The van der Waals surface area contributed by atoms with Gasteiger partial charge in [0.25, 0.3) is 5.92 Å². The van der Waals surface area contributed by atoms with Crippen LogP contribution in [0.15, 0.2) is 0 Å². The molecule has 1 aliphatic heterocycles. The van der Waals surface area contributed by atoms with Gasteiger partial charge in [-0.05, 0) is 20.8 Å². The summed E-state index contributed by atoms with van der Waals surface area (Å²) < 4.78 is 36.6. The van der Waals surface area contributed by atoms with E-state index in [1.807, 2.05) is 0 Å². The highest BCUT2D eigenvalue weighted by molar-refractivity contribution is 5.81. The molecule has 0 radical (unpaired) electrons. The lowest BCUT2D eigenvalue weighted by Crippen LogP contribution is -2.54. The molecule has 0 bridgehead atoms. The smallest absolute Gasteiger partial charge is 0.411 e. The number of aliphatic carboxylic acids is 1. The van der Waals surface area contributed by atoms with Gasteiger partial charge >= 0.3 is 12.1 Å². The Bertz CT molecular complexity index is 420. The zero-order valence-corrected chi connectivity index (χ0v) is 10.7. The van der Waals surface area contributed by atoms with Crippen molar-refractivity contribution in [2.45, 2.75) is 50.5 Å². The summed E-state index contributed by atoms with van der Waals surface area (Å²) in [4.78, 5) is 23.5. The molecule has 1 amide bonds. The molecule has 2 aliphatic rings. The number of carboxylic acid groups (broad SMARTS) is 1. The quantitative estimate of drug-likeness (QED) is 0.777. The Hall–Kier alpha value is -1.44. The minimum atomic E-state index is -3.22. The molecule has 1 aliphatic carbocycles. The molecule has 3 atom stereocenters. The number of carboxylic acids is 1. The summed E-state index contributed by atoms with van der Waals surface area (Å²) in [5.74, 6) is -4.62. The average molecular weight is 279 g/mol. The van der Waals surface area contributed by atoms with Crippen LogP contribution in [0, 0.1) is 0 Å². The molecule has 8 heteroatoms. The Balaban J connectivity index is 2.22. The molecule has 108 valence electrons. The lowest BCUT2D eigenvalue weighted by Gasteiger charge is -2.33. The number of alkyl halides is 2. The zero-order chi connectivity index (χ0) is 14.6. The van der Waals surface area contributed by atoms with E-state index >= 15 is 0 Å². The van der Waals surface area contributed by atoms with Crippen LogP contribution in [0.25, 0.3) is 0 Å². The van der Waals surface area contributed by atoms with Gasteiger partial charge in [-0.2, -0.15) is 0 Å². The second-order valence-electron chi connectivity index (χ2n) is 5.61. The van der Waals surface area contributed by atoms with Crippen molar-refractivity contribution in [2.24, 2.45) is 0 Å². The maximum atomic E-state index is 13.4. The van der Waals surface area contributed by atoms with Crippen LogP contribution in [0.4, 0.5) is 13.6 Å². The Morgan fingerprint density at radius 2 is 2.00 bits per heavy atom. The number of ether oxygens (including phenoxy) is 2. The van der Waals surface area contributed by atoms with Gasteiger partial charge in [-0.25, -0.2) is 18.4 Å². The van der Waals surface area contributed by atoms with Crippen LogP contribution in [0.2, 0.25) is 0 Å². The molecule has 0 aromatic heterocycles. The maximum absolute atomic E-state index is 13.4. The molecule has 0 spiro atoms. The number of rotatable bonds is 1. The summed E-state index contributed by atoms with van der Waals surface area (Å²) in [5, 5.41) is 8.99. The molecule has 1 saturated heterocycles. The highest BCUT2D eigenvalue weighted by Gasteiger charge is 2.77. The number of halogens is 2. The van der Waals surface area contributed by atoms with Crippen molar-refractivity contribution in [1.82, 2.24) is 4.90 Å². The van der Waals surface area contributed by atoms with Crippen molar-refractivity contribution in [3.05, 3.63) is 0 Å². The fourth-order valence-corrected chi connectivity index (χ4v) is 2.03. The van der Waals surface area contributed by atoms with Crippen LogP contribution in [0.5, 0.6) is 0 Å². The van der Waals surface area contributed by atoms with E-state index in [0.717, 1.165) is 0 Å². The first-order chi connectivity index (χ1) is 8.55. The summed E-state index contributed by atoms with van der Waals surface area (Å²) >= 11 is 0. The van der Waals surface area contributed by atoms with Crippen LogP contribution in [-0.2, 0) is 14.3 Å². The highest BCUT2D eigenvalue weighted by Crippen LogP contribution is 2.51. The third-order valence-electron chi connectivity index (χ3n) is 2.91. The molecular formula is C11H15F2NO5. The van der Waals surface area contributed by atoms with Crippen molar-refractivity contribution >= 4 is 12.1 Å². The van der Waals surface area contributed by atoms with Crippen LogP contribution >= 0.6 is 0 Å². The second kappa shape index (κ2) is 4.03. The number of hydrogen-bond donors (Lipinski definition) is 1. The molecule has 0 unspecified atom stereocenters. The van der Waals surface area contributed by atoms with Crippen molar-refractivity contribution in [1.29, 1.82) is 0 Å². The van der Waals surface area contributed by atoms with Gasteiger partial charge in [-0.15, -0.1) is 0 Å². The number of carbonyl (C=O) groups excluding carboxylic acids is 1. The van der Waals surface area contributed by atoms with Gasteiger partial charge in [0.15, 0.2) is 6.04 Å². The first-order valence-corrected chi connectivity index (χ1v) is 5.79. The van der Waals surface area contributed by atoms with Crippen LogP contribution in [0.1, 0.15) is 20.8 Å². The van der Waals surface area contributed by atoms with E-state index in [-0.39, 0.29) is 0 Å². The fraction of sp³-hybridized carbons (Fsp3) is 0.818. The van der Waals surface area contributed by atoms with Crippen molar-refractivity contribution < 1.29 is 33.0 Å². The Morgan fingerprint density at radius 1 is 1.42 bits per heavy atom. The van der Waals surface area contributed by atoms with E-state index in [1.165, 1.54) is 0 Å². The Kier molecular flexibility index (Phi) is 2.96. The number of carbonyl (C=O) groups is 2. The van der Waals surface area contributed by atoms with Crippen LogP contribution in [-0.4, -0.2) is 58.4 Å². The number of morpholine rings is 1. The molecule has 6 nitrogen and oxygen atoms in total. The van der Waals surface area contributed by atoms with Crippen LogP contribution < -0.4 is 0 Å². The molecule has 0 aromatic rings. The average Bonchev–Trinajstić information content (AvgIpc) is 2.78. The minimum Gasteiger partial charge on any atom is -0.480 e. The fourth-order valence-electron chi connectivity index (χ4n) is 2.03. The Labute approximate surface area is 108 Å². The molecule has 19 heavy (non-hydrogen) atoms. The first kappa shape index (κ1) is 14.0. The number of amides is 1. The molecule has 1 heterocycles. The summed E-state index contributed by atoms with van der Waals surface area (Å²) in [6, 6.07) is -3.01. The summed E-state index contributed by atoms with van der Waals surface area (Å²) in [6.45, 7) is 4.25. The third kappa shape index (κ3) is 2.36. The van der Waals surface area contributed by atoms with Gasteiger partial charge in [-0.3, -0.25) is 4.90 Å². The first-order valence-electron chi connectivity index (χ1n) is 5.79. The van der Waals surface area contributed by atoms with E-state index in [2.05, 4.69) is 0 Å². The Morgan fingerprint density at radius 3 is 2.47 bits per heavy atom. The third-order valence-corrected chi connectivity index (χ3v) is 2.91. The molecule has 1 saturated carbocycles. The second-order valence-corrected chi connectivity index (χ2v) is 5.61. The lowest BCUT2D eigenvalue weighted by molar-refractivity contribution is -0.149. The number of nitrogens with zero attached hydrogens (tertiary/aromatic N) is 1. The van der Waals surface area contributed by atoms with Crippen molar-refractivity contribution in [2.75, 3.05) is 6.61 Å². The van der Waals surface area contributed by atoms with Gasteiger partial charge in [0.1, 0.15) is 17.7 Å². The topological polar surface area (TPSA) is 76.1 Å². The minimum absolute atomic E-state index is 0.467. The summed E-state index contributed by atoms with van der Waals surface area (Å²) in [5.41, 5.74) is -0.891. The van der Waals surface area contributed by atoms with E-state index in [4.69, 9.17) is 14.6 Å². The number of hydrogen-bond acceptors (Lipinski definition) is 4. The van der Waals surface area contributed by atoms with Gasteiger partial charge in [0.2, 0.25) is 0 Å². The summed E-state index contributed by atoms with van der Waals surface area (Å²) in [6.07, 6.45) is -2.49. The largest absolute Gasteiger partial charge is 0.480 e. The van der Waals surface area contributed by atoms with E-state index in [0.29, 0.717) is 4.90 Å². The van der Waals surface area contributed by atoms with Crippen molar-refractivity contribution in [3.63, 3.8) is 0 Å². The van der Waals surface area contributed by atoms with Gasteiger partial charge in [0, 0.05) is 0 Å². The predicted octanol–water partition coefficient (Wildman–Crippen LogP) is 1.09. The normalized spacial score (nSPS) is 32.5. The zero-order valence-electron chi connectivity index (χ0n) is 10.7.